The fourth-order valence-electron chi connectivity index (χ4n) is 1.37. The zero-order chi connectivity index (χ0) is 13.4. The van der Waals surface area contributed by atoms with E-state index < -0.39 is 6.10 Å². The lowest BCUT2D eigenvalue weighted by atomic mass is 10.3. The van der Waals surface area contributed by atoms with Crippen LogP contribution in [-0.2, 0) is 4.79 Å². The van der Waals surface area contributed by atoms with Crippen LogP contribution in [-0.4, -0.2) is 31.6 Å². The smallest absolute Gasteiger partial charge is 0.260 e. The van der Waals surface area contributed by atoms with Crippen molar-refractivity contribution in [2.45, 2.75) is 20.0 Å². The number of halogens is 2. The van der Waals surface area contributed by atoms with E-state index in [1.807, 2.05) is 31.2 Å². The number of hydrogen-bond acceptors (Lipinski definition) is 3. The Kier molecular flexibility index (Phi) is 9.65. The third-order valence-electron chi connectivity index (χ3n) is 2.35. The van der Waals surface area contributed by atoms with Crippen molar-refractivity contribution in [3.63, 3.8) is 0 Å². The van der Waals surface area contributed by atoms with Gasteiger partial charge in [0.2, 0.25) is 0 Å². The molecule has 4 nitrogen and oxygen atoms in total. The average Bonchev–Trinajstić information content (AvgIpc) is 2.37. The molecule has 2 N–H and O–H groups in total. The molecule has 1 aromatic rings. The number of ether oxygens (including phenoxy) is 1. The Morgan fingerprint density at radius 2 is 1.95 bits per heavy atom. The van der Waals surface area contributed by atoms with Crippen molar-refractivity contribution < 1.29 is 9.53 Å². The van der Waals surface area contributed by atoms with Crippen molar-refractivity contribution in [3.05, 3.63) is 28.7 Å². The Morgan fingerprint density at radius 3 is 2.53 bits per heavy atom. The average molecular weight is 352 g/mol. The molecular weight excluding hydrogens is 332 g/mol. The van der Waals surface area contributed by atoms with Gasteiger partial charge in [0, 0.05) is 17.6 Å². The summed E-state index contributed by atoms with van der Waals surface area (Å²) in [5.41, 5.74) is 0. The maximum Gasteiger partial charge on any atom is 0.260 e. The molecule has 0 aliphatic rings. The molecule has 1 aromatic carbocycles. The Hall–Kier alpha value is -0.780. The molecule has 19 heavy (non-hydrogen) atoms. The highest BCUT2D eigenvalue weighted by atomic mass is 79.9. The van der Waals surface area contributed by atoms with Crippen molar-refractivity contribution in [2.75, 3.05) is 19.6 Å². The first kappa shape index (κ1) is 18.2. The quantitative estimate of drug-likeness (QED) is 0.742. The van der Waals surface area contributed by atoms with E-state index in [-0.39, 0.29) is 18.3 Å². The van der Waals surface area contributed by atoms with Gasteiger partial charge in [-0.3, -0.25) is 4.79 Å². The second-order valence-corrected chi connectivity index (χ2v) is 4.77. The molecule has 0 aliphatic carbocycles. The van der Waals surface area contributed by atoms with E-state index >= 15 is 0 Å². The summed E-state index contributed by atoms with van der Waals surface area (Å²) in [7, 11) is 0. The second kappa shape index (κ2) is 10.1. The summed E-state index contributed by atoms with van der Waals surface area (Å²) in [5.74, 6) is 0.586. The van der Waals surface area contributed by atoms with Crippen LogP contribution in [0.5, 0.6) is 5.75 Å². The first-order chi connectivity index (χ1) is 8.63. The van der Waals surface area contributed by atoms with E-state index in [2.05, 4.69) is 26.6 Å². The number of carbonyl (C=O) groups excluding carboxylic acids is 1. The molecule has 1 unspecified atom stereocenters. The van der Waals surface area contributed by atoms with E-state index in [1.165, 1.54) is 0 Å². The number of likely N-dealkylation sites (N-methyl/N-ethyl adjacent to an activating group) is 1. The van der Waals surface area contributed by atoms with Crippen LogP contribution in [0.2, 0.25) is 0 Å². The molecule has 0 aliphatic heterocycles. The van der Waals surface area contributed by atoms with Gasteiger partial charge in [0.1, 0.15) is 5.75 Å². The number of nitrogens with one attached hydrogen (secondary N) is 2. The summed E-state index contributed by atoms with van der Waals surface area (Å²) in [6, 6.07) is 7.41. The lowest BCUT2D eigenvalue weighted by Crippen LogP contribution is -2.39. The number of carbonyl (C=O) groups is 1. The first-order valence-corrected chi connectivity index (χ1v) is 6.83. The Labute approximate surface area is 128 Å². The summed E-state index contributed by atoms with van der Waals surface area (Å²) in [4.78, 5) is 11.7. The predicted octanol–water partition coefficient (Wildman–Crippen LogP) is 2.36. The minimum Gasteiger partial charge on any atom is -0.481 e. The highest BCUT2D eigenvalue weighted by molar-refractivity contribution is 9.10. The molecule has 1 amide bonds. The third-order valence-corrected chi connectivity index (χ3v) is 2.88. The van der Waals surface area contributed by atoms with E-state index in [4.69, 9.17) is 4.74 Å². The van der Waals surface area contributed by atoms with Gasteiger partial charge in [-0.15, -0.1) is 12.4 Å². The van der Waals surface area contributed by atoms with E-state index in [9.17, 15) is 4.79 Å². The van der Waals surface area contributed by atoms with E-state index in [0.29, 0.717) is 12.3 Å². The SMILES string of the molecule is CCNCCNC(=O)C(C)Oc1ccc(Br)cc1.Cl. The summed E-state index contributed by atoms with van der Waals surface area (Å²) in [6.45, 7) is 6.06. The van der Waals surface area contributed by atoms with Gasteiger partial charge in [0.15, 0.2) is 6.10 Å². The van der Waals surface area contributed by atoms with Gasteiger partial charge in [0.25, 0.3) is 5.91 Å². The molecular formula is C13H20BrClN2O2. The van der Waals surface area contributed by atoms with Gasteiger partial charge in [0.05, 0.1) is 0 Å². The zero-order valence-electron chi connectivity index (χ0n) is 11.1. The van der Waals surface area contributed by atoms with Crippen molar-refractivity contribution in [3.8, 4) is 5.75 Å². The van der Waals surface area contributed by atoms with Crippen LogP contribution in [0.15, 0.2) is 28.7 Å². The molecule has 1 rings (SSSR count). The molecule has 0 heterocycles. The number of amides is 1. The van der Waals surface area contributed by atoms with Crippen LogP contribution >= 0.6 is 28.3 Å². The zero-order valence-corrected chi connectivity index (χ0v) is 13.5. The monoisotopic (exact) mass is 350 g/mol. The van der Waals surface area contributed by atoms with Crippen LogP contribution in [0.4, 0.5) is 0 Å². The molecule has 0 saturated carbocycles. The molecule has 0 fully saturated rings. The van der Waals surface area contributed by atoms with Gasteiger partial charge in [-0.05, 0) is 37.7 Å². The number of hydrogen-bond donors (Lipinski definition) is 2. The molecule has 0 aromatic heterocycles. The lowest BCUT2D eigenvalue weighted by Gasteiger charge is -2.14. The fourth-order valence-corrected chi connectivity index (χ4v) is 1.63. The topological polar surface area (TPSA) is 50.4 Å². The second-order valence-electron chi connectivity index (χ2n) is 3.86. The normalized spacial score (nSPS) is 11.3. The first-order valence-electron chi connectivity index (χ1n) is 6.04. The summed E-state index contributed by atoms with van der Waals surface area (Å²) in [6.07, 6.45) is -0.493. The third kappa shape index (κ3) is 7.40. The predicted molar refractivity (Wildman–Crippen MR) is 83.0 cm³/mol. The number of rotatable bonds is 7. The van der Waals surface area contributed by atoms with E-state index in [0.717, 1.165) is 17.6 Å². The summed E-state index contributed by atoms with van der Waals surface area (Å²) < 4.78 is 6.52. The maximum atomic E-state index is 11.7. The molecule has 0 saturated heterocycles. The van der Waals surface area contributed by atoms with Crippen molar-refractivity contribution in [1.82, 2.24) is 10.6 Å². The Morgan fingerprint density at radius 1 is 1.32 bits per heavy atom. The van der Waals surface area contributed by atoms with Crippen molar-refractivity contribution >= 4 is 34.2 Å². The van der Waals surface area contributed by atoms with Gasteiger partial charge >= 0.3 is 0 Å². The minimum atomic E-state index is -0.493. The highest BCUT2D eigenvalue weighted by Gasteiger charge is 2.13. The molecule has 0 radical (unpaired) electrons. The van der Waals surface area contributed by atoms with Crippen LogP contribution in [0.3, 0.4) is 0 Å². The van der Waals surface area contributed by atoms with Gasteiger partial charge in [-0.25, -0.2) is 0 Å². The highest BCUT2D eigenvalue weighted by Crippen LogP contribution is 2.17. The maximum absolute atomic E-state index is 11.7. The molecule has 0 spiro atoms. The molecule has 0 bridgehead atoms. The largest absolute Gasteiger partial charge is 0.481 e. The summed E-state index contributed by atoms with van der Waals surface area (Å²) >= 11 is 3.35. The minimum absolute atomic E-state index is 0. The fraction of sp³-hybridized carbons (Fsp3) is 0.462. The number of benzene rings is 1. The Bertz CT molecular complexity index is 373. The molecule has 1 atom stereocenters. The van der Waals surface area contributed by atoms with Crippen molar-refractivity contribution in [1.29, 1.82) is 0 Å². The molecule has 108 valence electrons. The standard InChI is InChI=1S/C13H19BrN2O2.ClH/c1-3-15-8-9-16-13(17)10(2)18-12-6-4-11(14)5-7-12;/h4-7,10,15H,3,8-9H2,1-2H3,(H,16,17);1H. The van der Waals surface area contributed by atoms with Gasteiger partial charge < -0.3 is 15.4 Å². The van der Waals surface area contributed by atoms with Gasteiger partial charge in [-0.1, -0.05) is 22.9 Å². The van der Waals surface area contributed by atoms with Crippen LogP contribution in [0.25, 0.3) is 0 Å². The lowest BCUT2D eigenvalue weighted by molar-refractivity contribution is -0.127. The van der Waals surface area contributed by atoms with Crippen molar-refractivity contribution in [2.24, 2.45) is 0 Å². The van der Waals surface area contributed by atoms with Crippen LogP contribution in [0.1, 0.15) is 13.8 Å². The Balaban J connectivity index is 0.00000324. The summed E-state index contributed by atoms with van der Waals surface area (Å²) in [5, 5.41) is 5.95. The van der Waals surface area contributed by atoms with Crippen LogP contribution in [0, 0.1) is 0 Å². The van der Waals surface area contributed by atoms with Gasteiger partial charge in [-0.2, -0.15) is 0 Å². The molecule has 6 heteroatoms. The van der Waals surface area contributed by atoms with E-state index in [1.54, 1.807) is 6.92 Å². The van der Waals surface area contributed by atoms with Crippen LogP contribution < -0.4 is 15.4 Å².